The molecule has 6 saturated carbocycles. The van der Waals surface area contributed by atoms with Crippen LogP contribution in [0.1, 0.15) is 6.92 Å². The van der Waals surface area contributed by atoms with Crippen molar-refractivity contribution in [3.8, 4) is 0 Å². The zero-order valence-corrected chi connectivity index (χ0v) is 8.71. The molecule has 0 aromatic rings. The van der Waals surface area contributed by atoms with Gasteiger partial charge in [-0.1, -0.05) is 22.9 Å². The highest BCUT2D eigenvalue weighted by atomic mass is 79.9. The van der Waals surface area contributed by atoms with E-state index in [9.17, 15) is 9.90 Å². The van der Waals surface area contributed by atoms with Gasteiger partial charge in [-0.05, 0) is 35.0 Å². The quantitative estimate of drug-likeness (QED) is 0.703. The summed E-state index contributed by atoms with van der Waals surface area (Å²) in [5.74, 6) is 2.81. The molecule has 3 heteroatoms. The van der Waals surface area contributed by atoms with Crippen LogP contribution in [0.2, 0.25) is 0 Å². The molecule has 0 spiro atoms. The second kappa shape index (κ2) is 1.11. The minimum absolute atomic E-state index is 0.201. The first-order valence-corrected chi connectivity index (χ1v) is 5.76. The topological polar surface area (TPSA) is 37.3 Å². The van der Waals surface area contributed by atoms with Gasteiger partial charge in [0.2, 0.25) is 0 Å². The van der Waals surface area contributed by atoms with Gasteiger partial charge in [-0.3, -0.25) is 4.79 Å². The first-order valence-electron chi connectivity index (χ1n) is 4.97. The average molecular weight is 241 g/mol. The Morgan fingerprint density at radius 3 is 2.23 bits per heavy atom. The standard InChI is InChI=1S/C10H9BrO2/c1-8-5-3-2-4(6(8)10(2,5)11)9(3,8)7(12)13/h2-6H,1H3,(H,12,13). The molecule has 0 aliphatic heterocycles. The van der Waals surface area contributed by atoms with Crippen LogP contribution < -0.4 is 0 Å². The molecule has 6 aliphatic rings. The van der Waals surface area contributed by atoms with Crippen molar-refractivity contribution in [1.82, 2.24) is 0 Å². The summed E-state index contributed by atoms with van der Waals surface area (Å²) < 4.78 is 0.439. The maximum atomic E-state index is 11.3. The van der Waals surface area contributed by atoms with Crippen molar-refractivity contribution in [3.63, 3.8) is 0 Å². The van der Waals surface area contributed by atoms with Crippen molar-refractivity contribution in [3.05, 3.63) is 0 Å². The molecule has 1 N–H and O–H groups in total. The summed E-state index contributed by atoms with van der Waals surface area (Å²) in [7, 11) is 0. The molecule has 0 aromatic carbocycles. The molecule has 6 rings (SSSR count). The van der Waals surface area contributed by atoms with Crippen LogP contribution in [0.25, 0.3) is 0 Å². The molecule has 4 unspecified atom stereocenters. The molecule has 6 aliphatic carbocycles. The van der Waals surface area contributed by atoms with Crippen molar-refractivity contribution in [2.75, 3.05) is 0 Å². The number of halogens is 1. The zero-order valence-electron chi connectivity index (χ0n) is 7.12. The Hall–Kier alpha value is -0.0500. The molecule has 68 valence electrons. The number of carboxylic acid groups (broad SMARTS) is 1. The van der Waals surface area contributed by atoms with E-state index in [0.717, 1.165) is 17.8 Å². The Labute approximate surface area is 83.8 Å². The zero-order chi connectivity index (χ0) is 8.96. The van der Waals surface area contributed by atoms with Crippen LogP contribution in [0.3, 0.4) is 0 Å². The van der Waals surface area contributed by atoms with Crippen LogP contribution >= 0.6 is 15.9 Å². The summed E-state index contributed by atoms with van der Waals surface area (Å²) in [6.07, 6.45) is 0. The number of carboxylic acids is 1. The molecule has 6 fully saturated rings. The summed E-state index contributed by atoms with van der Waals surface area (Å²) in [5.41, 5.74) is -0.0328. The Balaban J connectivity index is 1.78. The Kier molecular flexibility index (Phi) is 0.549. The van der Waals surface area contributed by atoms with Crippen LogP contribution in [0.4, 0.5) is 0 Å². The van der Waals surface area contributed by atoms with Crippen LogP contribution in [-0.2, 0) is 4.79 Å². The van der Waals surface area contributed by atoms with Gasteiger partial charge in [0.1, 0.15) is 0 Å². The maximum absolute atomic E-state index is 11.3. The minimum Gasteiger partial charge on any atom is -0.481 e. The number of carbonyl (C=O) groups is 1. The fraction of sp³-hybridized carbons (Fsp3) is 0.900. The summed E-state index contributed by atoms with van der Waals surface area (Å²) in [4.78, 5) is 11.3. The monoisotopic (exact) mass is 240 g/mol. The fourth-order valence-corrected chi connectivity index (χ4v) is 8.71. The van der Waals surface area contributed by atoms with E-state index in [1.165, 1.54) is 0 Å². The average Bonchev–Trinajstić information content (AvgIpc) is 2.02. The van der Waals surface area contributed by atoms with Gasteiger partial charge in [0.15, 0.2) is 0 Å². The molecule has 13 heavy (non-hydrogen) atoms. The third kappa shape index (κ3) is 0.222. The van der Waals surface area contributed by atoms with Crippen LogP contribution in [0, 0.1) is 40.4 Å². The van der Waals surface area contributed by atoms with Gasteiger partial charge in [0, 0.05) is 4.32 Å². The second-order valence-electron chi connectivity index (χ2n) is 5.82. The number of alkyl halides is 1. The van der Waals surface area contributed by atoms with Crippen LogP contribution in [0.15, 0.2) is 0 Å². The van der Waals surface area contributed by atoms with Crippen LogP contribution in [-0.4, -0.2) is 15.4 Å². The Bertz CT molecular complexity index is 395. The minimum atomic E-state index is -0.497. The maximum Gasteiger partial charge on any atom is 0.310 e. The third-order valence-electron chi connectivity index (χ3n) is 6.55. The predicted octanol–water partition coefficient (Wildman–Crippen LogP) is 1.35. The van der Waals surface area contributed by atoms with Gasteiger partial charge in [-0.2, -0.15) is 0 Å². The fourth-order valence-electron chi connectivity index (χ4n) is 6.62. The molecule has 2 nitrogen and oxygen atoms in total. The molecule has 0 heterocycles. The van der Waals surface area contributed by atoms with Crippen molar-refractivity contribution >= 4 is 21.9 Å². The van der Waals surface area contributed by atoms with Crippen molar-refractivity contribution < 1.29 is 9.90 Å². The smallest absolute Gasteiger partial charge is 0.310 e. The van der Waals surface area contributed by atoms with Gasteiger partial charge >= 0.3 is 5.97 Å². The largest absolute Gasteiger partial charge is 0.481 e. The first kappa shape index (κ1) is 6.44. The van der Waals surface area contributed by atoms with Gasteiger partial charge in [-0.25, -0.2) is 0 Å². The highest BCUT2D eigenvalue weighted by Crippen LogP contribution is 3.13. The van der Waals surface area contributed by atoms with E-state index in [0.29, 0.717) is 16.2 Å². The number of hydrogen-bond donors (Lipinski definition) is 1. The Morgan fingerprint density at radius 2 is 1.85 bits per heavy atom. The highest BCUT2D eigenvalue weighted by molar-refractivity contribution is 9.10. The summed E-state index contributed by atoms with van der Waals surface area (Å²) in [6.45, 7) is 2.21. The molecule has 0 radical (unpaired) electrons. The van der Waals surface area contributed by atoms with Crippen molar-refractivity contribution in [2.24, 2.45) is 40.4 Å². The molecule has 4 atom stereocenters. The van der Waals surface area contributed by atoms with Gasteiger partial charge < -0.3 is 5.11 Å². The van der Waals surface area contributed by atoms with Crippen molar-refractivity contribution in [1.29, 1.82) is 0 Å². The summed E-state index contributed by atoms with van der Waals surface area (Å²) in [6, 6.07) is 0. The normalized spacial score (nSPS) is 88.0. The number of aliphatic carboxylic acids is 1. The third-order valence-corrected chi connectivity index (χ3v) is 8.06. The Morgan fingerprint density at radius 1 is 1.31 bits per heavy atom. The predicted molar refractivity (Wildman–Crippen MR) is 47.3 cm³/mol. The first-order chi connectivity index (χ1) is 6.05. The van der Waals surface area contributed by atoms with E-state index in [-0.39, 0.29) is 10.8 Å². The number of rotatable bonds is 1. The van der Waals surface area contributed by atoms with Gasteiger partial charge in [0.05, 0.1) is 5.41 Å². The second-order valence-corrected chi connectivity index (χ2v) is 7.19. The summed E-state index contributed by atoms with van der Waals surface area (Å²) >= 11 is 3.84. The molecular formula is C10H9BrO2. The van der Waals surface area contributed by atoms with E-state index in [1.54, 1.807) is 0 Å². The van der Waals surface area contributed by atoms with Gasteiger partial charge in [0.25, 0.3) is 0 Å². The lowest BCUT2D eigenvalue weighted by molar-refractivity contribution is -0.621. The van der Waals surface area contributed by atoms with E-state index in [2.05, 4.69) is 22.9 Å². The molecule has 0 saturated heterocycles. The number of hydrogen-bond acceptors (Lipinski definition) is 1. The lowest BCUT2D eigenvalue weighted by atomic mass is 8.92. The molecular weight excluding hydrogens is 232 g/mol. The van der Waals surface area contributed by atoms with Crippen LogP contribution in [0.5, 0.6) is 0 Å². The van der Waals surface area contributed by atoms with E-state index < -0.39 is 5.97 Å². The molecule has 0 amide bonds. The SMILES string of the molecule is CC12C3C4C5C(C1C53Br)C42C(=O)O. The molecule has 0 aromatic heterocycles. The summed E-state index contributed by atoms with van der Waals surface area (Å²) in [5, 5.41) is 9.30. The lowest BCUT2D eigenvalue weighted by Crippen LogP contribution is -3.16. The van der Waals surface area contributed by atoms with E-state index in [4.69, 9.17) is 0 Å². The van der Waals surface area contributed by atoms with Gasteiger partial charge in [-0.15, -0.1) is 0 Å². The highest BCUT2D eigenvalue weighted by Gasteiger charge is 3.15. The van der Waals surface area contributed by atoms with E-state index >= 15 is 0 Å². The van der Waals surface area contributed by atoms with E-state index in [1.807, 2.05) is 0 Å². The molecule has 0 bridgehead atoms. The lowest BCUT2D eigenvalue weighted by Gasteiger charge is -3.12. The van der Waals surface area contributed by atoms with Crippen molar-refractivity contribution in [2.45, 2.75) is 11.2 Å².